The van der Waals surface area contributed by atoms with Crippen molar-refractivity contribution in [3.8, 4) is 5.75 Å². The van der Waals surface area contributed by atoms with Gasteiger partial charge >= 0.3 is 18.1 Å². The molecule has 0 aliphatic carbocycles. The summed E-state index contributed by atoms with van der Waals surface area (Å²) in [4.78, 5) is 22.9. The second kappa shape index (κ2) is 12.4. The number of carbonyl (C=O) groups excluding carboxylic acids is 2. The largest absolute Gasteiger partial charge is 0.459 e. The second-order valence-corrected chi connectivity index (χ2v) is 10.1. The Balaban J connectivity index is 0.000000405. The van der Waals surface area contributed by atoms with Crippen molar-refractivity contribution in [2.45, 2.75) is 98.8 Å². The quantitative estimate of drug-likeness (QED) is 0.272. The molecule has 0 saturated carbocycles. The molecule has 0 saturated heterocycles. The molecule has 0 N–H and O–H groups in total. The summed E-state index contributed by atoms with van der Waals surface area (Å²) in [6.07, 6.45) is -3.46. The number of hydrogen-bond donors (Lipinski definition) is 0. The van der Waals surface area contributed by atoms with E-state index in [1.54, 1.807) is 12.1 Å². The maximum Gasteiger partial charge on any atom is 0.399 e. The number of fused-ring (bicyclic) bond motifs is 1. The molecule has 1 atom stereocenters. The van der Waals surface area contributed by atoms with Crippen LogP contribution in [-0.2, 0) is 14.3 Å². The average molecular weight is 497 g/mol. The van der Waals surface area contributed by atoms with Crippen molar-refractivity contribution in [1.82, 2.24) is 0 Å². The standard InChI is InChI=1S/C17H17F3O2.C11H22O2/c1-3-11(2)12-4-5-14-9-15(7-6-13(14)8-12)22-16(21)10-17(18,19)20;1-7-10(3,4)9(12)13-11(5,6)8-2/h4-9,11H,3,10H2,1-2H3;7-8H2,1-6H3. The Morgan fingerprint density at radius 1 is 0.886 bits per heavy atom. The summed E-state index contributed by atoms with van der Waals surface area (Å²) < 4.78 is 46.5. The minimum atomic E-state index is -4.56. The fourth-order valence-electron chi connectivity index (χ4n) is 2.78. The van der Waals surface area contributed by atoms with E-state index in [2.05, 4.69) is 13.8 Å². The predicted octanol–water partition coefficient (Wildman–Crippen LogP) is 8.37. The molecule has 0 aliphatic rings. The fourth-order valence-corrected chi connectivity index (χ4v) is 2.78. The summed E-state index contributed by atoms with van der Waals surface area (Å²) in [6, 6.07) is 10.7. The Morgan fingerprint density at radius 3 is 1.97 bits per heavy atom. The predicted molar refractivity (Wildman–Crippen MR) is 133 cm³/mol. The van der Waals surface area contributed by atoms with Crippen molar-refractivity contribution >= 4 is 22.7 Å². The van der Waals surface area contributed by atoms with Gasteiger partial charge in [-0.15, -0.1) is 0 Å². The van der Waals surface area contributed by atoms with Gasteiger partial charge in [0.1, 0.15) is 17.8 Å². The Bertz CT molecular complexity index is 993. The number of hydrogen-bond acceptors (Lipinski definition) is 4. The Morgan fingerprint density at radius 2 is 1.46 bits per heavy atom. The van der Waals surface area contributed by atoms with Gasteiger partial charge in [-0.3, -0.25) is 9.59 Å². The molecule has 196 valence electrons. The molecule has 0 radical (unpaired) electrons. The van der Waals surface area contributed by atoms with Gasteiger partial charge in [-0.2, -0.15) is 13.2 Å². The minimum Gasteiger partial charge on any atom is -0.459 e. The van der Waals surface area contributed by atoms with Gasteiger partial charge in [-0.25, -0.2) is 0 Å². The van der Waals surface area contributed by atoms with E-state index >= 15 is 0 Å². The van der Waals surface area contributed by atoms with Crippen molar-refractivity contribution in [3.63, 3.8) is 0 Å². The van der Waals surface area contributed by atoms with Crippen LogP contribution in [0.3, 0.4) is 0 Å². The number of alkyl halides is 3. The first-order chi connectivity index (χ1) is 16.0. The Hall–Kier alpha value is -2.57. The van der Waals surface area contributed by atoms with Crippen molar-refractivity contribution in [3.05, 3.63) is 42.0 Å². The van der Waals surface area contributed by atoms with E-state index in [1.165, 1.54) is 11.6 Å². The lowest BCUT2D eigenvalue weighted by atomic mass is 9.90. The molecule has 0 bridgehead atoms. The van der Waals surface area contributed by atoms with E-state index in [-0.39, 0.29) is 22.7 Å². The molecule has 2 aromatic rings. The Kier molecular flexibility index (Phi) is 10.8. The lowest BCUT2D eigenvalue weighted by molar-refractivity contribution is -0.168. The number of rotatable bonds is 8. The van der Waals surface area contributed by atoms with Gasteiger partial charge in [0.25, 0.3) is 0 Å². The van der Waals surface area contributed by atoms with E-state index in [4.69, 9.17) is 9.47 Å². The highest BCUT2D eigenvalue weighted by atomic mass is 19.4. The van der Waals surface area contributed by atoms with E-state index in [1.807, 2.05) is 59.7 Å². The van der Waals surface area contributed by atoms with Gasteiger partial charge < -0.3 is 9.47 Å². The van der Waals surface area contributed by atoms with E-state index in [9.17, 15) is 22.8 Å². The lowest BCUT2D eigenvalue weighted by Gasteiger charge is -2.29. The van der Waals surface area contributed by atoms with Gasteiger partial charge in [0.05, 0.1) is 5.41 Å². The normalized spacial score (nSPS) is 13.0. The first kappa shape index (κ1) is 30.5. The van der Waals surface area contributed by atoms with Gasteiger partial charge in [-0.1, -0.05) is 52.0 Å². The highest BCUT2D eigenvalue weighted by Gasteiger charge is 2.33. The van der Waals surface area contributed by atoms with Crippen molar-refractivity contribution < 1.29 is 32.2 Å². The summed E-state index contributed by atoms with van der Waals surface area (Å²) in [7, 11) is 0. The first-order valence-corrected chi connectivity index (χ1v) is 12.1. The van der Waals surface area contributed by atoms with E-state index < -0.39 is 18.6 Å². The van der Waals surface area contributed by atoms with Crippen LogP contribution in [0, 0.1) is 5.41 Å². The van der Waals surface area contributed by atoms with Crippen LogP contribution >= 0.6 is 0 Å². The van der Waals surface area contributed by atoms with Gasteiger partial charge in [-0.05, 0) is 81.3 Å². The van der Waals surface area contributed by atoms with Gasteiger partial charge in [0, 0.05) is 0 Å². The molecule has 0 heterocycles. The van der Waals surface area contributed by atoms with Crippen LogP contribution in [0.2, 0.25) is 0 Å². The second-order valence-electron chi connectivity index (χ2n) is 10.1. The lowest BCUT2D eigenvalue weighted by Crippen LogP contribution is -2.34. The van der Waals surface area contributed by atoms with Crippen LogP contribution in [0.15, 0.2) is 36.4 Å². The smallest absolute Gasteiger partial charge is 0.399 e. The van der Waals surface area contributed by atoms with E-state index in [0.717, 1.165) is 30.0 Å². The molecule has 2 rings (SSSR count). The van der Waals surface area contributed by atoms with Crippen LogP contribution < -0.4 is 4.74 Å². The van der Waals surface area contributed by atoms with Crippen LogP contribution in [0.4, 0.5) is 13.2 Å². The zero-order chi connectivity index (χ0) is 27.0. The molecule has 1 unspecified atom stereocenters. The molecular weight excluding hydrogens is 457 g/mol. The van der Waals surface area contributed by atoms with Gasteiger partial charge in [0.15, 0.2) is 0 Å². The third kappa shape index (κ3) is 10.3. The fraction of sp³-hybridized carbons (Fsp3) is 0.571. The van der Waals surface area contributed by atoms with Crippen molar-refractivity contribution in [2.75, 3.05) is 0 Å². The van der Waals surface area contributed by atoms with E-state index in [0.29, 0.717) is 5.92 Å². The third-order valence-corrected chi connectivity index (χ3v) is 6.25. The minimum absolute atomic E-state index is 0.0955. The molecular formula is C28H39F3O4. The topological polar surface area (TPSA) is 52.6 Å². The highest BCUT2D eigenvalue weighted by Crippen LogP contribution is 2.28. The zero-order valence-corrected chi connectivity index (χ0v) is 22.1. The maximum atomic E-state index is 12.1. The average Bonchev–Trinajstić information content (AvgIpc) is 2.77. The SMILES string of the molecule is CCC(C)(C)OC(=O)C(C)(C)CC.CCC(C)c1ccc2cc(OC(=O)CC(F)(F)F)ccc2c1. The van der Waals surface area contributed by atoms with Crippen LogP contribution in [-0.4, -0.2) is 23.7 Å². The molecule has 0 fully saturated rings. The van der Waals surface area contributed by atoms with Crippen LogP contribution in [0.1, 0.15) is 92.6 Å². The summed E-state index contributed by atoms with van der Waals surface area (Å²) in [5.41, 5.74) is 0.521. The third-order valence-electron chi connectivity index (χ3n) is 6.25. The maximum absolute atomic E-state index is 12.1. The summed E-state index contributed by atoms with van der Waals surface area (Å²) >= 11 is 0. The molecule has 2 aromatic carbocycles. The molecule has 0 aromatic heterocycles. The Labute approximate surface area is 207 Å². The zero-order valence-electron chi connectivity index (χ0n) is 22.1. The van der Waals surface area contributed by atoms with Crippen molar-refractivity contribution in [2.24, 2.45) is 5.41 Å². The first-order valence-electron chi connectivity index (χ1n) is 12.1. The van der Waals surface area contributed by atoms with Crippen molar-refractivity contribution in [1.29, 1.82) is 0 Å². The van der Waals surface area contributed by atoms with Crippen LogP contribution in [0.25, 0.3) is 10.8 Å². The van der Waals surface area contributed by atoms with Gasteiger partial charge in [0.2, 0.25) is 0 Å². The molecule has 0 aliphatic heterocycles. The summed E-state index contributed by atoms with van der Waals surface area (Å²) in [5.74, 6) is -0.836. The monoisotopic (exact) mass is 496 g/mol. The molecule has 0 amide bonds. The molecule has 0 spiro atoms. The molecule has 4 nitrogen and oxygen atoms in total. The number of halogens is 3. The number of esters is 2. The summed E-state index contributed by atoms with van der Waals surface area (Å²) in [6.45, 7) is 16.0. The molecule has 35 heavy (non-hydrogen) atoms. The number of ether oxygens (including phenoxy) is 2. The number of benzene rings is 2. The summed E-state index contributed by atoms with van der Waals surface area (Å²) in [5, 5.41) is 1.79. The molecule has 7 heteroatoms. The highest BCUT2D eigenvalue weighted by molar-refractivity contribution is 5.85. The number of carbonyl (C=O) groups is 2. The van der Waals surface area contributed by atoms with Crippen LogP contribution in [0.5, 0.6) is 5.75 Å².